The fourth-order valence-corrected chi connectivity index (χ4v) is 1.51. The number of hydrogen-bond acceptors (Lipinski definition) is 3. The van der Waals surface area contributed by atoms with Gasteiger partial charge >= 0.3 is 0 Å². The first-order valence-corrected chi connectivity index (χ1v) is 4.30. The molecular formula is C9H16N2O. The Bertz CT molecular complexity index is 190. The molecule has 0 bridgehead atoms. The molecule has 68 valence electrons. The first-order chi connectivity index (χ1) is 5.55. The van der Waals surface area contributed by atoms with Crippen molar-refractivity contribution in [2.75, 3.05) is 19.8 Å². The van der Waals surface area contributed by atoms with E-state index in [2.05, 4.69) is 31.7 Å². The number of nitrogens with zero attached hydrogens (tertiary/aromatic N) is 2. The van der Waals surface area contributed by atoms with E-state index in [1.54, 1.807) is 0 Å². The Morgan fingerprint density at radius 3 is 2.58 bits per heavy atom. The third-order valence-corrected chi connectivity index (χ3v) is 2.14. The highest BCUT2D eigenvalue weighted by Crippen LogP contribution is 2.19. The molecule has 0 aromatic rings. The number of rotatable bonds is 0. The minimum absolute atomic E-state index is 0.0706. The molecule has 1 heterocycles. The Hall–Kier alpha value is -0.590. The summed E-state index contributed by atoms with van der Waals surface area (Å²) in [5.41, 5.74) is 0.0736. The molecule has 1 fully saturated rings. The summed E-state index contributed by atoms with van der Waals surface area (Å²) in [6.45, 7) is 8.54. The fraction of sp³-hybridized carbons (Fsp3) is 0.889. The minimum Gasteiger partial charge on any atom is -0.377 e. The van der Waals surface area contributed by atoms with Gasteiger partial charge in [-0.1, -0.05) is 0 Å². The van der Waals surface area contributed by atoms with E-state index < -0.39 is 0 Å². The second kappa shape index (κ2) is 3.42. The highest BCUT2D eigenvalue weighted by atomic mass is 16.5. The lowest BCUT2D eigenvalue weighted by Gasteiger charge is -2.41. The minimum atomic E-state index is -0.0706. The SMILES string of the molecule is CC(C)(C)N1CCOCC1C#N. The van der Waals surface area contributed by atoms with Gasteiger partial charge in [0.25, 0.3) is 0 Å². The standard InChI is InChI=1S/C9H16N2O/c1-9(2,3)11-4-5-12-7-8(11)6-10/h8H,4-5,7H2,1-3H3. The van der Waals surface area contributed by atoms with Gasteiger partial charge in [-0.25, -0.2) is 0 Å². The quantitative estimate of drug-likeness (QED) is 0.541. The predicted molar refractivity (Wildman–Crippen MR) is 46.7 cm³/mol. The van der Waals surface area contributed by atoms with Gasteiger partial charge in [-0.05, 0) is 20.8 Å². The molecule has 1 unspecified atom stereocenters. The summed E-state index contributed by atoms with van der Waals surface area (Å²) >= 11 is 0. The van der Waals surface area contributed by atoms with Crippen LogP contribution in [0.1, 0.15) is 20.8 Å². The molecule has 0 radical (unpaired) electrons. The lowest BCUT2D eigenvalue weighted by atomic mass is 10.0. The summed E-state index contributed by atoms with van der Waals surface area (Å²) in [5, 5.41) is 8.85. The normalized spacial score (nSPS) is 26.7. The Morgan fingerprint density at radius 2 is 2.17 bits per heavy atom. The van der Waals surface area contributed by atoms with Crippen LogP contribution in [0.15, 0.2) is 0 Å². The van der Waals surface area contributed by atoms with E-state index in [1.807, 2.05) is 0 Å². The zero-order chi connectivity index (χ0) is 9.19. The number of nitriles is 1. The van der Waals surface area contributed by atoms with Crippen LogP contribution in [0.5, 0.6) is 0 Å². The van der Waals surface area contributed by atoms with Crippen molar-refractivity contribution in [3.05, 3.63) is 0 Å². The van der Waals surface area contributed by atoms with E-state index in [9.17, 15) is 0 Å². The molecular weight excluding hydrogens is 152 g/mol. The largest absolute Gasteiger partial charge is 0.377 e. The first kappa shape index (κ1) is 9.50. The summed E-state index contributed by atoms with van der Waals surface area (Å²) < 4.78 is 5.23. The molecule has 0 spiro atoms. The van der Waals surface area contributed by atoms with Crippen LogP contribution in [-0.4, -0.2) is 36.2 Å². The highest BCUT2D eigenvalue weighted by molar-refractivity contribution is 4.97. The van der Waals surface area contributed by atoms with Crippen LogP contribution in [0.3, 0.4) is 0 Å². The smallest absolute Gasteiger partial charge is 0.122 e. The molecule has 3 heteroatoms. The first-order valence-electron chi connectivity index (χ1n) is 4.30. The van der Waals surface area contributed by atoms with E-state index in [0.717, 1.165) is 13.2 Å². The van der Waals surface area contributed by atoms with Crippen LogP contribution in [0.25, 0.3) is 0 Å². The van der Waals surface area contributed by atoms with Crippen LogP contribution >= 0.6 is 0 Å². The van der Waals surface area contributed by atoms with Gasteiger partial charge in [-0.15, -0.1) is 0 Å². The lowest BCUT2D eigenvalue weighted by molar-refractivity contribution is -0.0292. The van der Waals surface area contributed by atoms with E-state index in [0.29, 0.717) is 6.61 Å². The monoisotopic (exact) mass is 168 g/mol. The topological polar surface area (TPSA) is 36.3 Å². The molecule has 0 aromatic heterocycles. The van der Waals surface area contributed by atoms with Gasteiger partial charge in [0.15, 0.2) is 0 Å². The van der Waals surface area contributed by atoms with Gasteiger partial charge in [-0.2, -0.15) is 5.26 Å². The van der Waals surface area contributed by atoms with Gasteiger partial charge in [-0.3, -0.25) is 4.90 Å². The third kappa shape index (κ3) is 1.96. The number of hydrogen-bond donors (Lipinski definition) is 0. The average Bonchev–Trinajstić information content (AvgIpc) is 2.03. The Kier molecular flexibility index (Phi) is 2.71. The zero-order valence-electron chi connectivity index (χ0n) is 8.00. The maximum absolute atomic E-state index is 8.85. The molecule has 1 atom stereocenters. The molecule has 0 N–H and O–H groups in total. The number of morpholine rings is 1. The van der Waals surface area contributed by atoms with Gasteiger partial charge < -0.3 is 4.74 Å². The maximum atomic E-state index is 8.85. The third-order valence-electron chi connectivity index (χ3n) is 2.14. The Morgan fingerprint density at radius 1 is 1.50 bits per heavy atom. The van der Waals surface area contributed by atoms with Crippen molar-refractivity contribution in [2.24, 2.45) is 0 Å². The van der Waals surface area contributed by atoms with Crippen molar-refractivity contribution in [1.29, 1.82) is 5.26 Å². The van der Waals surface area contributed by atoms with Crippen LogP contribution in [-0.2, 0) is 4.74 Å². The molecule has 0 aromatic carbocycles. The molecule has 1 saturated heterocycles. The molecule has 12 heavy (non-hydrogen) atoms. The van der Waals surface area contributed by atoms with Gasteiger partial charge in [0, 0.05) is 12.1 Å². The Labute approximate surface area is 73.9 Å². The highest BCUT2D eigenvalue weighted by Gasteiger charge is 2.31. The molecule has 0 amide bonds. The Balaban J connectivity index is 2.67. The molecule has 1 rings (SSSR count). The van der Waals surface area contributed by atoms with Crippen LogP contribution in [0.2, 0.25) is 0 Å². The van der Waals surface area contributed by atoms with Crippen molar-refractivity contribution in [3.8, 4) is 6.07 Å². The van der Waals surface area contributed by atoms with E-state index in [1.165, 1.54) is 0 Å². The van der Waals surface area contributed by atoms with Crippen LogP contribution in [0.4, 0.5) is 0 Å². The average molecular weight is 168 g/mol. The van der Waals surface area contributed by atoms with Crippen LogP contribution in [0, 0.1) is 11.3 Å². The van der Waals surface area contributed by atoms with Gasteiger partial charge in [0.05, 0.1) is 19.3 Å². The molecule has 1 aliphatic heterocycles. The molecule has 0 aliphatic carbocycles. The van der Waals surface area contributed by atoms with Crippen molar-refractivity contribution >= 4 is 0 Å². The van der Waals surface area contributed by atoms with Crippen molar-refractivity contribution in [2.45, 2.75) is 32.4 Å². The molecule has 1 aliphatic rings. The molecule has 3 nitrogen and oxygen atoms in total. The number of ether oxygens (including phenoxy) is 1. The summed E-state index contributed by atoms with van der Waals surface area (Å²) in [5.74, 6) is 0. The second-order valence-electron chi connectivity index (χ2n) is 4.08. The van der Waals surface area contributed by atoms with Crippen molar-refractivity contribution < 1.29 is 4.74 Å². The molecule has 0 saturated carbocycles. The van der Waals surface area contributed by atoms with Crippen molar-refractivity contribution in [1.82, 2.24) is 4.90 Å². The predicted octanol–water partition coefficient (Wildman–Crippen LogP) is 1.01. The van der Waals surface area contributed by atoms with Gasteiger partial charge in [0.2, 0.25) is 0 Å². The summed E-state index contributed by atoms with van der Waals surface area (Å²) in [6.07, 6.45) is 0. The van der Waals surface area contributed by atoms with E-state index in [-0.39, 0.29) is 11.6 Å². The summed E-state index contributed by atoms with van der Waals surface area (Å²) in [6, 6.07) is 2.19. The van der Waals surface area contributed by atoms with E-state index in [4.69, 9.17) is 10.00 Å². The second-order valence-corrected chi connectivity index (χ2v) is 4.08. The fourth-order valence-electron chi connectivity index (χ4n) is 1.51. The van der Waals surface area contributed by atoms with Crippen molar-refractivity contribution in [3.63, 3.8) is 0 Å². The summed E-state index contributed by atoms with van der Waals surface area (Å²) in [4.78, 5) is 2.19. The van der Waals surface area contributed by atoms with E-state index >= 15 is 0 Å². The van der Waals surface area contributed by atoms with Gasteiger partial charge in [0.1, 0.15) is 6.04 Å². The summed E-state index contributed by atoms with van der Waals surface area (Å²) in [7, 11) is 0. The van der Waals surface area contributed by atoms with Crippen LogP contribution < -0.4 is 0 Å². The lowest BCUT2D eigenvalue weighted by Crippen LogP contribution is -2.53. The maximum Gasteiger partial charge on any atom is 0.122 e. The zero-order valence-corrected chi connectivity index (χ0v) is 8.00.